The number of nitrogens with one attached hydrogen (secondary N) is 1. The molecule has 2 aromatic rings. The van der Waals surface area contributed by atoms with Crippen molar-refractivity contribution >= 4 is 6.20 Å². The molecule has 4 heteroatoms. The van der Waals surface area contributed by atoms with Gasteiger partial charge in [0, 0.05) is 37.1 Å². The van der Waals surface area contributed by atoms with Gasteiger partial charge in [-0.2, -0.15) is 5.10 Å². The maximum Gasteiger partial charge on any atom is 0.0538 e. The Morgan fingerprint density at radius 2 is 2.10 bits per heavy atom. The van der Waals surface area contributed by atoms with Gasteiger partial charge in [0.25, 0.3) is 0 Å². The molecule has 0 fully saturated rings. The molecule has 1 aromatic carbocycles. The first-order chi connectivity index (χ1) is 9.70. The lowest BCUT2D eigenvalue weighted by Crippen LogP contribution is -2.30. The third kappa shape index (κ3) is 3.79. The maximum absolute atomic E-state index is 4.17. The van der Waals surface area contributed by atoms with Gasteiger partial charge in [0.15, 0.2) is 0 Å². The second-order valence-corrected chi connectivity index (χ2v) is 5.03. The van der Waals surface area contributed by atoms with Crippen LogP contribution in [0.3, 0.4) is 0 Å². The van der Waals surface area contributed by atoms with Gasteiger partial charge in [-0.15, -0.1) is 0 Å². The van der Waals surface area contributed by atoms with E-state index < -0.39 is 0 Å². The molecule has 0 amide bonds. The number of hydrogen-bond acceptors (Lipinski definition) is 3. The monoisotopic (exact) mass is 270 g/mol. The van der Waals surface area contributed by atoms with Crippen LogP contribution in [0.25, 0.3) is 6.20 Å². The summed E-state index contributed by atoms with van der Waals surface area (Å²) in [5.74, 6) is 0. The van der Waals surface area contributed by atoms with Crippen molar-refractivity contribution in [3.05, 3.63) is 60.4 Å². The Kier molecular flexibility index (Phi) is 5.09. The predicted octanol–water partition coefficient (Wildman–Crippen LogP) is 2.38. The normalized spacial score (nSPS) is 12.6. The molecule has 1 atom stereocenters. The van der Waals surface area contributed by atoms with E-state index in [2.05, 4.69) is 60.3 Å². The zero-order valence-corrected chi connectivity index (χ0v) is 12.2. The zero-order valence-electron chi connectivity index (χ0n) is 12.2. The van der Waals surface area contributed by atoms with E-state index in [4.69, 9.17) is 0 Å². The fraction of sp³-hybridized carbons (Fsp3) is 0.312. The van der Waals surface area contributed by atoms with Gasteiger partial charge in [-0.3, -0.25) is 0 Å². The number of nitrogens with zero attached hydrogens (tertiary/aromatic N) is 3. The Bertz CT molecular complexity index is 530. The molecule has 0 radical (unpaired) electrons. The molecule has 0 bridgehead atoms. The molecule has 20 heavy (non-hydrogen) atoms. The van der Waals surface area contributed by atoms with Crippen LogP contribution in [0.2, 0.25) is 0 Å². The van der Waals surface area contributed by atoms with Gasteiger partial charge < -0.3 is 10.2 Å². The van der Waals surface area contributed by atoms with E-state index in [1.54, 1.807) is 10.9 Å². The standard InChI is InChI=1S/C16H22N4/c1-4-20-13-14(11-18-20)10-17-12-16(19(2)3)15-8-6-5-7-9-15/h4-9,11,13,16-17H,1,10,12H2,2-3H3. The summed E-state index contributed by atoms with van der Waals surface area (Å²) in [6.07, 6.45) is 5.53. The number of likely N-dealkylation sites (N-methyl/N-ethyl adjacent to an activating group) is 1. The summed E-state index contributed by atoms with van der Waals surface area (Å²) in [6.45, 7) is 5.40. The van der Waals surface area contributed by atoms with Crippen molar-refractivity contribution in [2.45, 2.75) is 12.6 Å². The van der Waals surface area contributed by atoms with Crippen LogP contribution in [0.1, 0.15) is 17.2 Å². The van der Waals surface area contributed by atoms with Crippen LogP contribution in [-0.2, 0) is 6.54 Å². The first-order valence-corrected chi connectivity index (χ1v) is 6.78. The summed E-state index contributed by atoms with van der Waals surface area (Å²) in [4.78, 5) is 2.23. The minimum absolute atomic E-state index is 0.366. The van der Waals surface area contributed by atoms with Crippen LogP contribution in [0.4, 0.5) is 0 Å². The molecule has 1 N–H and O–H groups in total. The Hall–Kier alpha value is -1.91. The van der Waals surface area contributed by atoms with E-state index in [0.29, 0.717) is 6.04 Å². The van der Waals surface area contributed by atoms with Crippen LogP contribution in [0, 0.1) is 0 Å². The molecule has 0 aliphatic heterocycles. The predicted molar refractivity (Wildman–Crippen MR) is 83.2 cm³/mol. The molecule has 0 aliphatic carbocycles. The smallest absolute Gasteiger partial charge is 0.0538 e. The van der Waals surface area contributed by atoms with Crippen molar-refractivity contribution in [1.82, 2.24) is 20.0 Å². The Morgan fingerprint density at radius 3 is 2.70 bits per heavy atom. The first-order valence-electron chi connectivity index (χ1n) is 6.78. The summed E-state index contributed by atoms with van der Waals surface area (Å²) < 4.78 is 1.72. The number of hydrogen-bond donors (Lipinski definition) is 1. The Balaban J connectivity index is 1.91. The zero-order chi connectivity index (χ0) is 14.4. The summed E-state index contributed by atoms with van der Waals surface area (Å²) in [6, 6.07) is 10.9. The molecular formula is C16H22N4. The van der Waals surface area contributed by atoms with E-state index in [9.17, 15) is 0 Å². The molecule has 0 spiro atoms. The van der Waals surface area contributed by atoms with Gasteiger partial charge >= 0.3 is 0 Å². The SMILES string of the molecule is C=Cn1cc(CNCC(c2ccccc2)N(C)C)cn1. The molecule has 1 aromatic heterocycles. The summed E-state index contributed by atoms with van der Waals surface area (Å²) in [5, 5.41) is 7.66. The molecule has 1 unspecified atom stereocenters. The van der Waals surface area contributed by atoms with Crippen LogP contribution in [0.5, 0.6) is 0 Å². The Labute approximate surface area is 120 Å². The largest absolute Gasteiger partial charge is 0.311 e. The van der Waals surface area contributed by atoms with E-state index >= 15 is 0 Å². The van der Waals surface area contributed by atoms with Gasteiger partial charge in [0.2, 0.25) is 0 Å². The fourth-order valence-corrected chi connectivity index (χ4v) is 2.20. The molecule has 0 saturated heterocycles. The first kappa shape index (κ1) is 14.5. The van der Waals surface area contributed by atoms with Crippen molar-refractivity contribution in [2.24, 2.45) is 0 Å². The third-order valence-corrected chi connectivity index (χ3v) is 3.32. The van der Waals surface area contributed by atoms with E-state index in [0.717, 1.165) is 18.7 Å². The highest BCUT2D eigenvalue weighted by molar-refractivity contribution is 5.20. The number of benzene rings is 1. The second kappa shape index (κ2) is 7.03. The quantitative estimate of drug-likeness (QED) is 0.838. The van der Waals surface area contributed by atoms with E-state index in [1.807, 2.05) is 18.5 Å². The van der Waals surface area contributed by atoms with Crippen molar-refractivity contribution < 1.29 is 0 Å². The topological polar surface area (TPSA) is 33.1 Å². The molecule has 0 saturated carbocycles. The summed E-state index contributed by atoms with van der Waals surface area (Å²) in [5.41, 5.74) is 2.49. The molecule has 4 nitrogen and oxygen atoms in total. The molecule has 106 valence electrons. The van der Waals surface area contributed by atoms with Crippen molar-refractivity contribution in [3.8, 4) is 0 Å². The van der Waals surface area contributed by atoms with Crippen molar-refractivity contribution in [2.75, 3.05) is 20.6 Å². The lowest BCUT2D eigenvalue weighted by Gasteiger charge is -2.25. The van der Waals surface area contributed by atoms with Gasteiger partial charge in [0.1, 0.15) is 0 Å². The number of aromatic nitrogens is 2. The Morgan fingerprint density at radius 1 is 1.35 bits per heavy atom. The number of rotatable bonds is 7. The van der Waals surface area contributed by atoms with Crippen LogP contribution >= 0.6 is 0 Å². The average Bonchev–Trinajstić information content (AvgIpc) is 2.92. The highest BCUT2D eigenvalue weighted by Crippen LogP contribution is 2.16. The van der Waals surface area contributed by atoms with Gasteiger partial charge in [-0.05, 0) is 19.7 Å². The molecule has 2 rings (SSSR count). The summed E-state index contributed by atoms with van der Waals surface area (Å²) >= 11 is 0. The second-order valence-electron chi connectivity index (χ2n) is 5.03. The fourth-order valence-electron chi connectivity index (χ4n) is 2.20. The third-order valence-electron chi connectivity index (χ3n) is 3.32. The van der Waals surface area contributed by atoms with Crippen molar-refractivity contribution in [1.29, 1.82) is 0 Å². The minimum atomic E-state index is 0.366. The van der Waals surface area contributed by atoms with Crippen LogP contribution in [0.15, 0.2) is 49.3 Å². The van der Waals surface area contributed by atoms with Gasteiger partial charge in [-0.1, -0.05) is 36.9 Å². The van der Waals surface area contributed by atoms with Gasteiger partial charge in [-0.25, -0.2) is 4.68 Å². The van der Waals surface area contributed by atoms with Gasteiger partial charge in [0.05, 0.1) is 6.20 Å². The molecular weight excluding hydrogens is 248 g/mol. The highest BCUT2D eigenvalue weighted by atomic mass is 15.2. The van der Waals surface area contributed by atoms with Crippen LogP contribution < -0.4 is 5.32 Å². The minimum Gasteiger partial charge on any atom is -0.311 e. The maximum atomic E-state index is 4.17. The molecule has 0 aliphatic rings. The summed E-state index contributed by atoms with van der Waals surface area (Å²) in [7, 11) is 4.21. The van der Waals surface area contributed by atoms with E-state index in [-0.39, 0.29) is 0 Å². The lowest BCUT2D eigenvalue weighted by molar-refractivity contribution is 0.288. The lowest BCUT2D eigenvalue weighted by atomic mass is 10.1. The highest BCUT2D eigenvalue weighted by Gasteiger charge is 2.13. The average molecular weight is 270 g/mol. The van der Waals surface area contributed by atoms with E-state index in [1.165, 1.54) is 5.56 Å². The van der Waals surface area contributed by atoms with Crippen LogP contribution in [-0.4, -0.2) is 35.3 Å². The van der Waals surface area contributed by atoms with Crippen molar-refractivity contribution in [3.63, 3.8) is 0 Å². The molecule has 1 heterocycles.